The van der Waals surface area contributed by atoms with Crippen molar-refractivity contribution in [3.8, 4) is 0 Å². The summed E-state index contributed by atoms with van der Waals surface area (Å²) in [5, 5.41) is 0. The van der Waals surface area contributed by atoms with Crippen molar-refractivity contribution in [3.63, 3.8) is 0 Å². The molecule has 3 nitrogen and oxygen atoms in total. The Balaban J connectivity index is 2.45. The molecular weight excluding hydrogens is 222 g/mol. The van der Waals surface area contributed by atoms with Crippen LogP contribution in [0.15, 0.2) is 24.5 Å². The van der Waals surface area contributed by atoms with E-state index in [0.29, 0.717) is 24.4 Å². The summed E-state index contributed by atoms with van der Waals surface area (Å²) < 4.78 is 2.20. The van der Waals surface area contributed by atoms with Crippen molar-refractivity contribution in [2.24, 2.45) is 11.7 Å². The molecule has 1 aromatic carbocycles. The fraction of sp³-hybridized carbons (Fsp3) is 0.533. The fourth-order valence-electron chi connectivity index (χ4n) is 2.48. The Morgan fingerprint density at radius 2 is 1.94 bits per heavy atom. The van der Waals surface area contributed by atoms with Crippen LogP contribution < -0.4 is 5.73 Å². The molecular formula is C15H23N3. The van der Waals surface area contributed by atoms with Crippen molar-refractivity contribution in [1.29, 1.82) is 0 Å². The molecule has 2 rings (SSSR count). The van der Waals surface area contributed by atoms with E-state index in [-0.39, 0.29) is 0 Å². The molecule has 98 valence electrons. The summed E-state index contributed by atoms with van der Waals surface area (Å²) in [5.41, 5.74) is 9.45. The highest BCUT2D eigenvalue weighted by molar-refractivity contribution is 5.76. The highest BCUT2D eigenvalue weighted by atomic mass is 15.1. The van der Waals surface area contributed by atoms with Gasteiger partial charge in [0.1, 0.15) is 0 Å². The highest BCUT2D eigenvalue weighted by Crippen LogP contribution is 2.27. The van der Waals surface area contributed by atoms with E-state index in [9.17, 15) is 0 Å². The first-order valence-electron chi connectivity index (χ1n) is 6.71. The molecule has 1 atom stereocenters. The molecule has 2 aromatic rings. The van der Waals surface area contributed by atoms with Gasteiger partial charge in [-0.3, -0.25) is 0 Å². The summed E-state index contributed by atoms with van der Waals surface area (Å²) in [5.74, 6) is 0.971. The first-order valence-corrected chi connectivity index (χ1v) is 6.71. The van der Waals surface area contributed by atoms with Gasteiger partial charge in [-0.2, -0.15) is 0 Å². The number of benzene rings is 1. The van der Waals surface area contributed by atoms with Crippen molar-refractivity contribution < 1.29 is 0 Å². The normalized spacial score (nSPS) is 13.7. The van der Waals surface area contributed by atoms with Crippen LogP contribution in [0.4, 0.5) is 0 Å². The average Bonchev–Trinajstić information content (AvgIpc) is 2.72. The van der Waals surface area contributed by atoms with Crippen molar-refractivity contribution in [2.75, 3.05) is 6.54 Å². The van der Waals surface area contributed by atoms with Gasteiger partial charge < -0.3 is 10.3 Å². The smallest absolute Gasteiger partial charge is 0.0960 e. The van der Waals surface area contributed by atoms with Crippen LogP contribution in [0.25, 0.3) is 11.0 Å². The Kier molecular flexibility index (Phi) is 3.71. The molecule has 0 radical (unpaired) electrons. The summed E-state index contributed by atoms with van der Waals surface area (Å²) in [4.78, 5) is 4.50. The topological polar surface area (TPSA) is 43.8 Å². The standard InChI is InChI=1S/C15H23N3/c1-10(2)13(8-16)12-5-6-15-14(7-12)17-9-18(15)11(3)4/h5-7,9-11,13H,8,16H2,1-4H3. The van der Waals surface area contributed by atoms with E-state index < -0.39 is 0 Å². The van der Waals surface area contributed by atoms with E-state index in [1.165, 1.54) is 11.1 Å². The summed E-state index contributed by atoms with van der Waals surface area (Å²) in [6.45, 7) is 9.47. The van der Waals surface area contributed by atoms with Gasteiger partial charge in [-0.25, -0.2) is 4.98 Å². The molecule has 1 aromatic heterocycles. The Morgan fingerprint density at radius 1 is 1.22 bits per heavy atom. The minimum Gasteiger partial charge on any atom is -0.330 e. The molecule has 1 unspecified atom stereocenters. The molecule has 1 heterocycles. The van der Waals surface area contributed by atoms with Crippen molar-refractivity contribution in [2.45, 2.75) is 39.7 Å². The summed E-state index contributed by atoms with van der Waals surface area (Å²) in [7, 11) is 0. The van der Waals surface area contributed by atoms with Gasteiger partial charge in [-0.1, -0.05) is 19.9 Å². The second-order valence-electron chi connectivity index (χ2n) is 5.58. The third kappa shape index (κ3) is 2.27. The Hall–Kier alpha value is -1.35. The number of hydrogen-bond acceptors (Lipinski definition) is 2. The molecule has 0 saturated carbocycles. The molecule has 0 aliphatic rings. The lowest BCUT2D eigenvalue weighted by Gasteiger charge is -2.19. The van der Waals surface area contributed by atoms with Crippen LogP contribution in [0.1, 0.15) is 45.2 Å². The molecule has 0 fully saturated rings. The quantitative estimate of drug-likeness (QED) is 0.898. The zero-order chi connectivity index (χ0) is 13.3. The first-order chi connectivity index (χ1) is 8.54. The second kappa shape index (κ2) is 5.11. The molecule has 0 aliphatic heterocycles. The lowest BCUT2D eigenvalue weighted by atomic mass is 9.88. The van der Waals surface area contributed by atoms with E-state index in [1.54, 1.807) is 0 Å². The third-order valence-electron chi connectivity index (χ3n) is 3.64. The largest absolute Gasteiger partial charge is 0.330 e. The maximum Gasteiger partial charge on any atom is 0.0960 e. The van der Waals surface area contributed by atoms with Gasteiger partial charge in [-0.05, 0) is 49.9 Å². The van der Waals surface area contributed by atoms with Gasteiger partial charge in [0.25, 0.3) is 0 Å². The summed E-state index contributed by atoms with van der Waals surface area (Å²) in [6.07, 6.45) is 1.92. The predicted octanol–water partition coefficient (Wildman–Crippen LogP) is 3.32. The highest BCUT2D eigenvalue weighted by Gasteiger charge is 2.15. The lowest BCUT2D eigenvalue weighted by molar-refractivity contribution is 0.506. The SMILES string of the molecule is CC(C)C(CN)c1ccc2c(c1)ncn2C(C)C. The predicted molar refractivity (Wildman–Crippen MR) is 76.8 cm³/mol. The van der Waals surface area contributed by atoms with Gasteiger partial charge in [0, 0.05) is 6.04 Å². The van der Waals surface area contributed by atoms with Gasteiger partial charge in [-0.15, -0.1) is 0 Å². The van der Waals surface area contributed by atoms with Crippen LogP contribution in [0, 0.1) is 5.92 Å². The third-order valence-corrected chi connectivity index (χ3v) is 3.64. The number of imidazole rings is 1. The number of nitrogens with zero attached hydrogens (tertiary/aromatic N) is 2. The molecule has 0 bridgehead atoms. The van der Waals surface area contributed by atoms with E-state index in [2.05, 4.69) is 55.4 Å². The van der Waals surface area contributed by atoms with Crippen LogP contribution in [0.2, 0.25) is 0 Å². The second-order valence-corrected chi connectivity index (χ2v) is 5.58. The van der Waals surface area contributed by atoms with Gasteiger partial charge in [0.05, 0.1) is 17.4 Å². The van der Waals surface area contributed by atoms with Crippen LogP contribution in [-0.2, 0) is 0 Å². The summed E-state index contributed by atoms with van der Waals surface area (Å²) in [6, 6.07) is 6.99. The molecule has 0 spiro atoms. The van der Waals surface area contributed by atoms with E-state index >= 15 is 0 Å². The number of rotatable bonds is 4. The molecule has 18 heavy (non-hydrogen) atoms. The van der Waals surface area contributed by atoms with Crippen LogP contribution in [0.5, 0.6) is 0 Å². The molecule has 0 amide bonds. The zero-order valence-electron chi connectivity index (χ0n) is 11.7. The van der Waals surface area contributed by atoms with E-state index in [0.717, 1.165) is 5.52 Å². The van der Waals surface area contributed by atoms with Gasteiger partial charge in [0.15, 0.2) is 0 Å². The van der Waals surface area contributed by atoms with E-state index in [1.807, 2.05) is 6.33 Å². The first kappa shape index (κ1) is 13.1. The summed E-state index contributed by atoms with van der Waals surface area (Å²) >= 11 is 0. The van der Waals surface area contributed by atoms with E-state index in [4.69, 9.17) is 5.73 Å². The monoisotopic (exact) mass is 245 g/mol. The molecule has 0 aliphatic carbocycles. The van der Waals surface area contributed by atoms with Crippen molar-refractivity contribution >= 4 is 11.0 Å². The molecule has 2 N–H and O–H groups in total. The molecule has 0 saturated heterocycles. The minimum absolute atomic E-state index is 0.415. The zero-order valence-corrected chi connectivity index (χ0v) is 11.7. The minimum atomic E-state index is 0.415. The Morgan fingerprint density at radius 3 is 2.50 bits per heavy atom. The maximum atomic E-state index is 5.88. The van der Waals surface area contributed by atoms with Gasteiger partial charge >= 0.3 is 0 Å². The van der Waals surface area contributed by atoms with Gasteiger partial charge in [0.2, 0.25) is 0 Å². The number of nitrogens with two attached hydrogens (primary N) is 1. The van der Waals surface area contributed by atoms with Crippen LogP contribution >= 0.6 is 0 Å². The Labute approximate surface area is 109 Å². The number of fused-ring (bicyclic) bond motifs is 1. The average molecular weight is 245 g/mol. The van der Waals surface area contributed by atoms with Crippen LogP contribution in [-0.4, -0.2) is 16.1 Å². The number of aromatic nitrogens is 2. The maximum absolute atomic E-state index is 5.88. The van der Waals surface area contributed by atoms with Crippen molar-refractivity contribution in [1.82, 2.24) is 9.55 Å². The Bertz CT molecular complexity index is 526. The lowest BCUT2D eigenvalue weighted by Crippen LogP contribution is -2.17. The molecule has 3 heteroatoms. The van der Waals surface area contributed by atoms with Crippen molar-refractivity contribution in [3.05, 3.63) is 30.1 Å². The van der Waals surface area contributed by atoms with Crippen LogP contribution in [0.3, 0.4) is 0 Å². The number of hydrogen-bond donors (Lipinski definition) is 1. The fourth-order valence-corrected chi connectivity index (χ4v) is 2.48.